The molecule has 1 saturated carbocycles. The summed E-state index contributed by atoms with van der Waals surface area (Å²) in [4.78, 5) is 26.1. The zero-order valence-corrected chi connectivity index (χ0v) is 15.9. The van der Waals surface area contributed by atoms with E-state index in [4.69, 9.17) is 0 Å². The number of rotatable bonds is 3. The van der Waals surface area contributed by atoms with Gasteiger partial charge < -0.3 is 4.90 Å². The Labute approximate surface area is 161 Å². The zero-order valence-electron chi connectivity index (χ0n) is 15.9. The monoisotopic (exact) mass is 364 g/mol. The van der Waals surface area contributed by atoms with Crippen LogP contribution >= 0.6 is 0 Å². The predicted octanol–water partition coefficient (Wildman–Crippen LogP) is 3.62. The Hall–Kier alpha value is -2.27. The van der Waals surface area contributed by atoms with Gasteiger partial charge in [-0.2, -0.15) is 0 Å². The summed E-state index contributed by atoms with van der Waals surface area (Å²) in [6, 6.07) is 8.41. The molecular formula is C22H28N4O. The first-order valence-corrected chi connectivity index (χ1v) is 10.2. The van der Waals surface area contributed by atoms with E-state index in [2.05, 4.69) is 14.9 Å². The lowest BCUT2D eigenvalue weighted by Crippen LogP contribution is -2.40. The SMILES string of the molecule is O=C(c1ccc(-c2ccncc2)nc1)N1CCCN(C2CCCCC2)CC1. The molecule has 1 amide bonds. The van der Waals surface area contributed by atoms with Gasteiger partial charge in [-0.1, -0.05) is 19.3 Å². The van der Waals surface area contributed by atoms with Gasteiger partial charge in [-0.3, -0.25) is 19.7 Å². The lowest BCUT2D eigenvalue weighted by molar-refractivity contribution is 0.0754. The van der Waals surface area contributed by atoms with E-state index in [-0.39, 0.29) is 5.91 Å². The molecule has 3 heterocycles. The standard InChI is InChI=1S/C22H28N4O/c27-22(19-7-8-21(24-17-19)18-9-11-23-12-10-18)26-14-4-13-25(15-16-26)20-5-2-1-3-6-20/h7-12,17,20H,1-6,13-16H2. The lowest BCUT2D eigenvalue weighted by Gasteiger charge is -2.33. The molecule has 0 radical (unpaired) electrons. The molecule has 2 aliphatic rings. The van der Waals surface area contributed by atoms with Crippen LogP contribution in [0.1, 0.15) is 48.9 Å². The molecular weight excluding hydrogens is 336 g/mol. The summed E-state index contributed by atoms with van der Waals surface area (Å²) in [5.41, 5.74) is 2.56. The van der Waals surface area contributed by atoms with Crippen molar-refractivity contribution < 1.29 is 4.79 Å². The molecule has 1 aliphatic heterocycles. The van der Waals surface area contributed by atoms with Crippen molar-refractivity contribution >= 4 is 5.91 Å². The maximum absolute atomic E-state index is 12.9. The molecule has 2 fully saturated rings. The van der Waals surface area contributed by atoms with Crippen molar-refractivity contribution in [1.82, 2.24) is 19.8 Å². The van der Waals surface area contributed by atoms with Crippen molar-refractivity contribution in [3.8, 4) is 11.3 Å². The number of carbonyl (C=O) groups excluding carboxylic acids is 1. The van der Waals surface area contributed by atoms with E-state index in [0.29, 0.717) is 5.56 Å². The van der Waals surface area contributed by atoms with Gasteiger partial charge in [0.1, 0.15) is 0 Å². The fourth-order valence-corrected chi connectivity index (χ4v) is 4.35. The molecule has 2 aromatic heterocycles. The lowest BCUT2D eigenvalue weighted by atomic mass is 9.94. The Kier molecular flexibility index (Phi) is 5.78. The number of pyridine rings is 2. The molecule has 0 unspecified atom stereocenters. The number of amides is 1. The van der Waals surface area contributed by atoms with Crippen LogP contribution in [0.3, 0.4) is 0 Å². The predicted molar refractivity (Wildman–Crippen MR) is 106 cm³/mol. The van der Waals surface area contributed by atoms with E-state index in [9.17, 15) is 4.79 Å². The van der Waals surface area contributed by atoms with Gasteiger partial charge in [0.25, 0.3) is 5.91 Å². The zero-order chi connectivity index (χ0) is 18.5. The topological polar surface area (TPSA) is 49.3 Å². The average molecular weight is 364 g/mol. The normalized spacial score (nSPS) is 19.6. The molecule has 142 valence electrons. The highest BCUT2D eigenvalue weighted by molar-refractivity contribution is 5.94. The molecule has 0 aromatic carbocycles. The van der Waals surface area contributed by atoms with Crippen LogP contribution in [0.2, 0.25) is 0 Å². The van der Waals surface area contributed by atoms with Gasteiger partial charge in [0.15, 0.2) is 0 Å². The summed E-state index contributed by atoms with van der Waals surface area (Å²) in [5.74, 6) is 0.106. The minimum Gasteiger partial charge on any atom is -0.337 e. The van der Waals surface area contributed by atoms with E-state index in [1.165, 1.54) is 32.1 Å². The Morgan fingerprint density at radius 3 is 2.44 bits per heavy atom. The Morgan fingerprint density at radius 1 is 0.889 bits per heavy atom. The Bertz CT molecular complexity index is 741. The number of aromatic nitrogens is 2. The first kappa shape index (κ1) is 18.1. The van der Waals surface area contributed by atoms with Gasteiger partial charge in [0.05, 0.1) is 11.3 Å². The molecule has 1 aliphatic carbocycles. The third-order valence-corrected chi connectivity index (χ3v) is 5.90. The molecule has 27 heavy (non-hydrogen) atoms. The smallest absolute Gasteiger partial charge is 0.255 e. The fourth-order valence-electron chi connectivity index (χ4n) is 4.35. The summed E-state index contributed by atoms with van der Waals surface area (Å²) in [6.07, 6.45) is 13.0. The van der Waals surface area contributed by atoms with E-state index in [1.807, 2.05) is 29.2 Å². The van der Waals surface area contributed by atoms with Crippen molar-refractivity contribution in [3.05, 3.63) is 48.4 Å². The first-order valence-electron chi connectivity index (χ1n) is 10.2. The number of hydrogen-bond donors (Lipinski definition) is 0. The number of carbonyl (C=O) groups is 1. The molecule has 2 aromatic rings. The molecule has 1 saturated heterocycles. The van der Waals surface area contributed by atoms with Gasteiger partial charge in [-0.05, 0) is 43.5 Å². The minimum atomic E-state index is 0.106. The molecule has 0 atom stereocenters. The quantitative estimate of drug-likeness (QED) is 0.835. The molecule has 0 N–H and O–H groups in total. The Morgan fingerprint density at radius 2 is 1.70 bits per heavy atom. The highest BCUT2D eigenvalue weighted by atomic mass is 16.2. The maximum atomic E-state index is 12.9. The number of hydrogen-bond acceptors (Lipinski definition) is 4. The van der Waals surface area contributed by atoms with Crippen molar-refractivity contribution in [2.24, 2.45) is 0 Å². The van der Waals surface area contributed by atoms with E-state index in [1.54, 1.807) is 18.6 Å². The third-order valence-electron chi connectivity index (χ3n) is 5.90. The van der Waals surface area contributed by atoms with Crippen LogP contribution < -0.4 is 0 Å². The van der Waals surface area contributed by atoms with Crippen LogP contribution in [0.5, 0.6) is 0 Å². The van der Waals surface area contributed by atoms with Crippen LogP contribution in [-0.4, -0.2) is 57.9 Å². The largest absolute Gasteiger partial charge is 0.337 e. The van der Waals surface area contributed by atoms with Gasteiger partial charge in [-0.15, -0.1) is 0 Å². The fraction of sp³-hybridized carbons (Fsp3) is 0.500. The summed E-state index contributed by atoms with van der Waals surface area (Å²) >= 11 is 0. The molecule has 0 bridgehead atoms. The first-order chi connectivity index (χ1) is 13.3. The average Bonchev–Trinajstić information content (AvgIpc) is 3.01. The van der Waals surface area contributed by atoms with Crippen LogP contribution in [0.15, 0.2) is 42.9 Å². The minimum absolute atomic E-state index is 0.106. The van der Waals surface area contributed by atoms with Crippen LogP contribution in [0.25, 0.3) is 11.3 Å². The molecule has 0 spiro atoms. The van der Waals surface area contributed by atoms with E-state index in [0.717, 1.165) is 49.9 Å². The van der Waals surface area contributed by atoms with Crippen molar-refractivity contribution in [2.75, 3.05) is 26.2 Å². The second-order valence-corrected chi connectivity index (χ2v) is 7.64. The number of nitrogens with zero attached hydrogens (tertiary/aromatic N) is 4. The van der Waals surface area contributed by atoms with E-state index < -0.39 is 0 Å². The summed E-state index contributed by atoms with van der Waals surface area (Å²) in [6.45, 7) is 3.78. The molecule has 5 heteroatoms. The maximum Gasteiger partial charge on any atom is 0.255 e. The molecule has 5 nitrogen and oxygen atoms in total. The summed E-state index contributed by atoms with van der Waals surface area (Å²) in [7, 11) is 0. The second kappa shape index (κ2) is 8.61. The van der Waals surface area contributed by atoms with Crippen molar-refractivity contribution in [2.45, 2.75) is 44.6 Å². The Balaban J connectivity index is 1.39. The van der Waals surface area contributed by atoms with Gasteiger partial charge in [0.2, 0.25) is 0 Å². The van der Waals surface area contributed by atoms with Gasteiger partial charge >= 0.3 is 0 Å². The van der Waals surface area contributed by atoms with Crippen molar-refractivity contribution in [1.29, 1.82) is 0 Å². The second-order valence-electron chi connectivity index (χ2n) is 7.64. The summed E-state index contributed by atoms with van der Waals surface area (Å²) < 4.78 is 0. The molecule has 4 rings (SSSR count). The van der Waals surface area contributed by atoms with Crippen LogP contribution in [-0.2, 0) is 0 Å². The van der Waals surface area contributed by atoms with Crippen molar-refractivity contribution in [3.63, 3.8) is 0 Å². The van der Waals surface area contributed by atoms with E-state index >= 15 is 0 Å². The van der Waals surface area contributed by atoms with Gasteiger partial charge in [-0.25, -0.2) is 0 Å². The highest BCUT2D eigenvalue weighted by Gasteiger charge is 2.25. The van der Waals surface area contributed by atoms with Crippen LogP contribution in [0.4, 0.5) is 0 Å². The van der Waals surface area contributed by atoms with Gasteiger partial charge in [0, 0.05) is 56.4 Å². The highest BCUT2D eigenvalue weighted by Crippen LogP contribution is 2.24. The summed E-state index contributed by atoms with van der Waals surface area (Å²) in [5, 5.41) is 0. The van der Waals surface area contributed by atoms with Crippen LogP contribution in [0, 0.1) is 0 Å². The third kappa shape index (κ3) is 4.35.